The van der Waals surface area contributed by atoms with E-state index in [1.54, 1.807) is 0 Å². The molecule has 8 heteroatoms. The molecule has 0 aliphatic carbocycles. The van der Waals surface area contributed by atoms with Gasteiger partial charge in [-0.3, -0.25) is 4.90 Å². The average molecular weight is 420 g/mol. The van der Waals surface area contributed by atoms with Crippen LogP contribution < -0.4 is 15.1 Å². The maximum absolute atomic E-state index is 13.9. The number of anilines is 2. The molecule has 162 valence electrons. The predicted molar refractivity (Wildman–Crippen MR) is 123 cm³/mol. The minimum absolute atomic E-state index is 0.0515. The van der Waals surface area contributed by atoms with E-state index in [4.69, 9.17) is 4.98 Å². The molecule has 8 nitrogen and oxygen atoms in total. The van der Waals surface area contributed by atoms with E-state index < -0.39 is 0 Å². The molecule has 2 saturated heterocycles. The van der Waals surface area contributed by atoms with Crippen molar-refractivity contribution >= 4 is 28.6 Å². The van der Waals surface area contributed by atoms with Crippen molar-refractivity contribution < 1.29 is 4.79 Å². The minimum atomic E-state index is 0.0515. The lowest BCUT2D eigenvalue weighted by molar-refractivity contribution is 0.196. The zero-order chi connectivity index (χ0) is 21.2. The van der Waals surface area contributed by atoms with Gasteiger partial charge in [-0.15, -0.1) is 0 Å². The molecule has 0 radical (unpaired) electrons. The van der Waals surface area contributed by atoms with Crippen LogP contribution in [0.5, 0.6) is 0 Å². The lowest BCUT2D eigenvalue weighted by Gasteiger charge is -2.41. The SMILES string of the molecule is Cn1ccc2ccnc(N(C(=O)N3CCN(c4ccccn4)CC3)[C@@H]3CCCNC3)c21. The van der Waals surface area contributed by atoms with Crippen LogP contribution in [-0.4, -0.2) is 70.8 Å². The molecule has 5 heterocycles. The zero-order valence-electron chi connectivity index (χ0n) is 17.9. The number of nitrogens with one attached hydrogen (secondary N) is 1. The average Bonchev–Trinajstić information content (AvgIpc) is 3.22. The van der Waals surface area contributed by atoms with Crippen LogP contribution in [0.3, 0.4) is 0 Å². The molecule has 3 aromatic heterocycles. The van der Waals surface area contributed by atoms with Gasteiger partial charge >= 0.3 is 6.03 Å². The predicted octanol–water partition coefficient (Wildman–Crippen LogP) is 2.47. The Morgan fingerprint density at radius 2 is 1.97 bits per heavy atom. The summed E-state index contributed by atoms with van der Waals surface area (Å²) < 4.78 is 2.06. The maximum atomic E-state index is 13.9. The highest BCUT2D eigenvalue weighted by Gasteiger charge is 2.34. The first-order chi connectivity index (χ1) is 15.2. The first-order valence-electron chi connectivity index (χ1n) is 11.1. The maximum Gasteiger partial charge on any atom is 0.326 e. The number of carbonyl (C=O) groups is 1. The molecule has 2 fully saturated rings. The van der Waals surface area contributed by atoms with Crippen LogP contribution in [0, 0.1) is 0 Å². The molecule has 31 heavy (non-hydrogen) atoms. The van der Waals surface area contributed by atoms with E-state index in [-0.39, 0.29) is 12.1 Å². The van der Waals surface area contributed by atoms with Crippen LogP contribution in [0.15, 0.2) is 48.9 Å². The molecule has 0 saturated carbocycles. The summed E-state index contributed by atoms with van der Waals surface area (Å²) in [5.41, 5.74) is 1.01. The molecule has 1 N–H and O–H groups in total. The van der Waals surface area contributed by atoms with E-state index in [0.717, 1.165) is 61.6 Å². The number of aromatic nitrogens is 3. The van der Waals surface area contributed by atoms with Crippen LogP contribution in [0.25, 0.3) is 10.9 Å². The number of aryl methyl sites for hydroxylation is 1. The summed E-state index contributed by atoms with van der Waals surface area (Å²) in [6, 6.07) is 10.2. The molecule has 5 rings (SSSR count). The minimum Gasteiger partial charge on any atom is -0.353 e. The molecule has 3 aromatic rings. The fraction of sp³-hybridized carbons (Fsp3) is 0.435. The second-order valence-corrected chi connectivity index (χ2v) is 8.31. The Bertz CT molecular complexity index is 1040. The molecule has 2 aliphatic heterocycles. The Hall–Kier alpha value is -3.13. The van der Waals surface area contributed by atoms with E-state index in [2.05, 4.69) is 25.8 Å². The quantitative estimate of drug-likeness (QED) is 0.706. The first-order valence-corrected chi connectivity index (χ1v) is 11.1. The third-order valence-corrected chi connectivity index (χ3v) is 6.36. The van der Waals surface area contributed by atoms with Crippen molar-refractivity contribution in [3.05, 3.63) is 48.9 Å². The zero-order valence-corrected chi connectivity index (χ0v) is 17.9. The van der Waals surface area contributed by atoms with E-state index in [9.17, 15) is 4.79 Å². The van der Waals surface area contributed by atoms with Crippen LogP contribution in [-0.2, 0) is 7.05 Å². The van der Waals surface area contributed by atoms with E-state index in [1.807, 2.05) is 59.7 Å². The standard InChI is InChI=1S/C23H29N7O/c1-27-12-8-18-7-11-26-22(21(18)27)30(19-5-4-9-24-17-19)23(31)29-15-13-28(14-16-29)20-6-2-3-10-25-20/h2-3,6-8,10-12,19,24H,4-5,9,13-17H2,1H3/t19-/m1/s1. The van der Waals surface area contributed by atoms with Crippen molar-refractivity contribution in [2.75, 3.05) is 49.1 Å². The summed E-state index contributed by atoms with van der Waals surface area (Å²) in [6.07, 6.45) is 7.70. The third kappa shape index (κ3) is 3.83. The topological polar surface area (TPSA) is 69.5 Å². The number of hydrogen-bond donors (Lipinski definition) is 1. The van der Waals surface area contributed by atoms with Gasteiger partial charge in [-0.2, -0.15) is 0 Å². The molecule has 0 bridgehead atoms. The largest absolute Gasteiger partial charge is 0.353 e. The van der Waals surface area contributed by atoms with Crippen molar-refractivity contribution in [1.29, 1.82) is 0 Å². The van der Waals surface area contributed by atoms with Crippen LogP contribution in [0.2, 0.25) is 0 Å². The van der Waals surface area contributed by atoms with Gasteiger partial charge in [0, 0.05) is 63.7 Å². The Labute approximate surface area is 182 Å². The van der Waals surface area contributed by atoms with Crippen LogP contribution in [0.1, 0.15) is 12.8 Å². The Balaban J connectivity index is 1.42. The number of rotatable bonds is 3. The Kier molecular flexibility index (Phi) is 5.46. The van der Waals surface area contributed by atoms with Crippen molar-refractivity contribution in [3.63, 3.8) is 0 Å². The van der Waals surface area contributed by atoms with Crippen LogP contribution in [0.4, 0.5) is 16.4 Å². The Morgan fingerprint density at radius 1 is 1.10 bits per heavy atom. The number of pyridine rings is 2. The van der Waals surface area contributed by atoms with Gasteiger partial charge in [0.2, 0.25) is 0 Å². The second-order valence-electron chi connectivity index (χ2n) is 8.31. The van der Waals surface area contributed by atoms with E-state index >= 15 is 0 Å². The van der Waals surface area contributed by atoms with E-state index in [0.29, 0.717) is 13.1 Å². The van der Waals surface area contributed by atoms with Crippen molar-refractivity contribution in [2.45, 2.75) is 18.9 Å². The summed E-state index contributed by atoms with van der Waals surface area (Å²) in [4.78, 5) is 29.2. The van der Waals surface area contributed by atoms with Gasteiger partial charge in [0.15, 0.2) is 5.82 Å². The molecule has 2 amide bonds. The number of piperidine rings is 1. The highest BCUT2D eigenvalue weighted by Crippen LogP contribution is 2.29. The highest BCUT2D eigenvalue weighted by atomic mass is 16.2. The summed E-state index contributed by atoms with van der Waals surface area (Å²) >= 11 is 0. The fourth-order valence-electron chi connectivity index (χ4n) is 4.69. The first kappa shape index (κ1) is 19.8. The van der Waals surface area contributed by atoms with Gasteiger partial charge in [0.1, 0.15) is 5.82 Å². The van der Waals surface area contributed by atoms with Gasteiger partial charge in [-0.1, -0.05) is 6.07 Å². The molecular weight excluding hydrogens is 390 g/mol. The number of urea groups is 1. The summed E-state index contributed by atoms with van der Waals surface area (Å²) in [6.45, 7) is 4.71. The Morgan fingerprint density at radius 3 is 2.71 bits per heavy atom. The van der Waals surface area contributed by atoms with Crippen molar-refractivity contribution in [2.24, 2.45) is 7.05 Å². The molecular formula is C23H29N7O. The van der Waals surface area contributed by atoms with Crippen molar-refractivity contribution in [3.8, 4) is 0 Å². The van der Waals surface area contributed by atoms with E-state index in [1.165, 1.54) is 0 Å². The smallest absolute Gasteiger partial charge is 0.326 e. The fourth-order valence-corrected chi connectivity index (χ4v) is 4.69. The number of nitrogens with zero attached hydrogens (tertiary/aromatic N) is 6. The molecule has 0 spiro atoms. The lowest BCUT2D eigenvalue weighted by Crippen LogP contribution is -2.58. The normalized spacial score (nSPS) is 19.6. The van der Waals surface area contributed by atoms with Crippen LogP contribution >= 0.6 is 0 Å². The van der Waals surface area contributed by atoms with Gasteiger partial charge in [0.25, 0.3) is 0 Å². The monoisotopic (exact) mass is 419 g/mol. The second kappa shape index (κ2) is 8.55. The lowest BCUT2D eigenvalue weighted by atomic mass is 10.1. The molecule has 0 unspecified atom stereocenters. The number of amides is 2. The van der Waals surface area contributed by atoms with Gasteiger partial charge in [-0.05, 0) is 43.7 Å². The number of piperazine rings is 1. The third-order valence-electron chi connectivity index (χ3n) is 6.36. The molecule has 1 atom stereocenters. The van der Waals surface area contributed by atoms with Gasteiger partial charge in [0.05, 0.1) is 11.6 Å². The molecule has 0 aromatic carbocycles. The van der Waals surface area contributed by atoms with Crippen molar-refractivity contribution in [1.82, 2.24) is 24.8 Å². The number of carbonyl (C=O) groups excluding carboxylic acids is 1. The van der Waals surface area contributed by atoms with Gasteiger partial charge < -0.3 is 19.7 Å². The number of fused-ring (bicyclic) bond motifs is 1. The summed E-state index contributed by atoms with van der Waals surface area (Å²) in [5.74, 6) is 1.73. The summed E-state index contributed by atoms with van der Waals surface area (Å²) in [7, 11) is 2.01. The summed E-state index contributed by atoms with van der Waals surface area (Å²) in [5, 5.41) is 4.57. The molecule has 2 aliphatic rings. The van der Waals surface area contributed by atoms with Gasteiger partial charge in [-0.25, -0.2) is 14.8 Å². The highest BCUT2D eigenvalue weighted by molar-refractivity contribution is 6.00. The number of hydrogen-bond acceptors (Lipinski definition) is 5.